The molecule has 58 valence electrons. The Morgan fingerprint density at radius 3 is 1.40 bits per heavy atom. The minimum absolute atomic E-state index is 0.148. The third kappa shape index (κ3) is 1.23. The van der Waals surface area contributed by atoms with Gasteiger partial charge in [0.2, 0.25) is 0 Å². The molecule has 0 aromatic carbocycles. The van der Waals surface area contributed by atoms with E-state index in [1.807, 2.05) is 27.7 Å². The number of hydrogen-bond acceptors (Lipinski definition) is 2. The van der Waals surface area contributed by atoms with Crippen molar-refractivity contribution < 1.29 is 9.31 Å². The second-order valence-electron chi connectivity index (χ2n) is 3.62. The Hall–Kier alpha value is 0.415. The molecule has 0 amide bonds. The lowest BCUT2D eigenvalue weighted by Crippen LogP contribution is -2.41. The fraction of sp³-hybridized carbons (Fsp3) is 1.00. The van der Waals surface area contributed by atoms with Crippen molar-refractivity contribution in [1.82, 2.24) is 0 Å². The predicted molar refractivity (Wildman–Crippen MR) is 45.8 cm³/mol. The van der Waals surface area contributed by atoms with Gasteiger partial charge in [0.05, 0.1) is 11.2 Å². The average molecular weight is 160 g/mol. The third-order valence-corrected chi connectivity index (χ3v) is 2.54. The Morgan fingerprint density at radius 2 is 1.30 bits per heavy atom. The highest BCUT2D eigenvalue weighted by molar-refractivity contribution is 7.58. The SMILES string of the molecule is CC1(C)OB(P)OC1(C)C. The molecule has 0 spiro atoms. The van der Waals surface area contributed by atoms with Gasteiger partial charge in [0.15, 0.2) is 0 Å². The smallest absolute Gasteiger partial charge is 0.400 e. The van der Waals surface area contributed by atoms with Gasteiger partial charge >= 0.3 is 6.84 Å². The molecular formula is C6H14BO2P. The summed E-state index contributed by atoms with van der Waals surface area (Å²) >= 11 is 0. The first-order valence-corrected chi connectivity index (χ1v) is 4.13. The average Bonchev–Trinajstić information content (AvgIpc) is 1.73. The second kappa shape index (κ2) is 2.20. The molecule has 0 aromatic heterocycles. The highest BCUT2D eigenvalue weighted by Crippen LogP contribution is 2.37. The summed E-state index contributed by atoms with van der Waals surface area (Å²) in [6.45, 7) is 8.01. The molecular weight excluding hydrogens is 146 g/mol. The van der Waals surface area contributed by atoms with Gasteiger partial charge in [-0.1, -0.05) is 0 Å². The molecule has 0 saturated carbocycles. The lowest BCUT2D eigenvalue weighted by Gasteiger charge is -2.32. The third-order valence-electron chi connectivity index (χ3n) is 2.27. The van der Waals surface area contributed by atoms with Crippen LogP contribution in [0.25, 0.3) is 0 Å². The van der Waals surface area contributed by atoms with Crippen LogP contribution < -0.4 is 0 Å². The van der Waals surface area contributed by atoms with Crippen LogP contribution in [-0.2, 0) is 9.31 Å². The maximum Gasteiger partial charge on any atom is 0.479 e. The molecule has 1 rings (SSSR count). The van der Waals surface area contributed by atoms with Crippen molar-refractivity contribution in [3.63, 3.8) is 0 Å². The molecule has 1 aliphatic rings. The minimum atomic E-state index is -0.181. The summed E-state index contributed by atoms with van der Waals surface area (Å²) in [5.41, 5.74) is -0.362. The highest BCUT2D eigenvalue weighted by atomic mass is 31.0. The van der Waals surface area contributed by atoms with Gasteiger partial charge in [-0.15, -0.1) is 9.12 Å². The van der Waals surface area contributed by atoms with E-state index >= 15 is 0 Å². The molecule has 1 aliphatic heterocycles. The minimum Gasteiger partial charge on any atom is -0.400 e. The topological polar surface area (TPSA) is 18.5 Å². The van der Waals surface area contributed by atoms with Crippen molar-refractivity contribution in [2.24, 2.45) is 0 Å². The Labute approximate surface area is 65.0 Å². The first kappa shape index (κ1) is 8.51. The Bertz CT molecular complexity index is 131. The van der Waals surface area contributed by atoms with Gasteiger partial charge in [-0.3, -0.25) is 0 Å². The van der Waals surface area contributed by atoms with Crippen LogP contribution in [0, 0.1) is 0 Å². The van der Waals surface area contributed by atoms with Gasteiger partial charge < -0.3 is 9.31 Å². The lowest BCUT2D eigenvalue weighted by atomic mass is 9.90. The van der Waals surface area contributed by atoms with E-state index in [1.165, 1.54) is 0 Å². The zero-order chi connectivity index (χ0) is 7.99. The molecule has 0 N–H and O–H groups in total. The van der Waals surface area contributed by atoms with Crippen LogP contribution in [0.3, 0.4) is 0 Å². The summed E-state index contributed by atoms with van der Waals surface area (Å²) < 4.78 is 11.0. The van der Waals surface area contributed by atoms with E-state index in [2.05, 4.69) is 9.12 Å². The van der Waals surface area contributed by atoms with E-state index in [4.69, 9.17) is 9.31 Å². The number of rotatable bonds is 0. The summed E-state index contributed by atoms with van der Waals surface area (Å²) in [7, 11) is 2.51. The van der Waals surface area contributed by atoms with E-state index in [1.54, 1.807) is 0 Å². The lowest BCUT2D eigenvalue weighted by molar-refractivity contribution is 0.00578. The molecule has 1 saturated heterocycles. The summed E-state index contributed by atoms with van der Waals surface area (Å²) in [5, 5.41) is 0. The molecule has 1 fully saturated rings. The molecule has 0 aliphatic carbocycles. The molecule has 0 bridgehead atoms. The Balaban J connectivity index is 2.78. The quantitative estimate of drug-likeness (QED) is 0.394. The Morgan fingerprint density at radius 1 is 1.00 bits per heavy atom. The normalized spacial score (nSPS) is 29.1. The Kier molecular flexibility index (Phi) is 1.87. The fourth-order valence-electron chi connectivity index (χ4n) is 0.889. The van der Waals surface area contributed by atoms with Crippen molar-refractivity contribution in [1.29, 1.82) is 0 Å². The first-order valence-electron chi connectivity index (χ1n) is 3.46. The fourth-order valence-corrected chi connectivity index (χ4v) is 1.57. The van der Waals surface area contributed by atoms with Gasteiger partial charge in [0.1, 0.15) is 0 Å². The highest BCUT2D eigenvalue weighted by Gasteiger charge is 2.49. The molecule has 0 radical (unpaired) electrons. The van der Waals surface area contributed by atoms with E-state index in [0.717, 1.165) is 0 Å². The maximum atomic E-state index is 5.50. The van der Waals surface area contributed by atoms with Crippen LogP contribution in [0.4, 0.5) is 0 Å². The van der Waals surface area contributed by atoms with Crippen LogP contribution in [0.2, 0.25) is 0 Å². The zero-order valence-corrected chi connectivity index (χ0v) is 8.13. The van der Waals surface area contributed by atoms with Gasteiger partial charge in [-0.2, -0.15) is 0 Å². The summed E-state index contributed by atoms with van der Waals surface area (Å²) in [4.78, 5) is 0. The predicted octanol–water partition coefficient (Wildman–Crippen LogP) is 1.45. The first-order chi connectivity index (χ1) is 4.35. The molecule has 1 unspecified atom stereocenters. The standard InChI is InChI=1S/C6H14BO2P/c1-5(2)6(3,4)9-7(10)8-5/h10H2,1-4H3. The van der Waals surface area contributed by atoms with Crippen molar-refractivity contribution in [2.75, 3.05) is 0 Å². The van der Waals surface area contributed by atoms with Crippen LogP contribution in [0.1, 0.15) is 27.7 Å². The van der Waals surface area contributed by atoms with E-state index in [-0.39, 0.29) is 18.0 Å². The van der Waals surface area contributed by atoms with Crippen LogP contribution >= 0.6 is 9.12 Å². The summed E-state index contributed by atoms with van der Waals surface area (Å²) in [5.74, 6) is 0. The summed E-state index contributed by atoms with van der Waals surface area (Å²) in [6, 6.07) is 0. The number of hydrogen-bond donors (Lipinski definition) is 0. The monoisotopic (exact) mass is 160 g/mol. The van der Waals surface area contributed by atoms with Crippen LogP contribution in [0.5, 0.6) is 0 Å². The van der Waals surface area contributed by atoms with Gasteiger partial charge in [-0.05, 0) is 27.7 Å². The van der Waals surface area contributed by atoms with Crippen molar-refractivity contribution in [3.05, 3.63) is 0 Å². The van der Waals surface area contributed by atoms with Gasteiger partial charge in [0.25, 0.3) is 0 Å². The van der Waals surface area contributed by atoms with Crippen molar-refractivity contribution in [3.8, 4) is 0 Å². The van der Waals surface area contributed by atoms with E-state index in [0.29, 0.717) is 0 Å². The van der Waals surface area contributed by atoms with Crippen molar-refractivity contribution >= 4 is 16.0 Å². The van der Waals surface area contributed by atoms with Crippen LogP contribution in [0.15, 0.2) is 0 Å². The molecule has 1 heterocycles. The van der Waals surface area contributed by atoms with E-state index < -0.39 is 0 Å². The molecule has 10 heavy (non-hydrogen) atoms. The molecule has 2 nitrogen and oxygen atoms in total. The largest absolute Gasteiger partial charge is 0.479 e. The zero-order valence-electron chi connectivity index (χ0n) is 6.97. The van der Waals surface area contributed by atoms with Crippen molar-refractivity contribution in [2.45, 2.75) is 38.9 Å². The molecule has 0 aromatic rings. The molecule has 4 heteroatoms. The van der Waals surface area contributed by atoms with Gasteiger partial charge in [0, 0.05) is 0 Å². The maximum absolute atomic E-state index is 5.50. The molecule has 1 atom stereocenters. The van der Waals surface area contributed by atoms with E-state index in [9.17, 15) is 0 Å². The summed E-state index contributed by atoms with van der Waals surface area (Å²) in [6.07, 6.45) is 0. The second-order valence-corrected chi connectivity index (χ2v) is 4.17. The van der Waals surface area contributed by atoms with Crippen LogP contribution in [-0.4, -0.2) is 18.0 Å². The van der Waals surface area contributed by atoms with Gasteiger partial charge in [-0.25, -0.2) is 0 Å².